The van der Waals surface area contributed by atoms with E-state index in [4.69, 9.17) is 0 Å². The number of nitrogens with zero attached hydrogens (tertiary/aromatic N) is 1. The molecular formula is C60H37NS. The van der Waals surface area contributed by atoms with Gasteiger partial charge in [-0.05, 0) is 136 Å². The molecule has 0 N–H and O–H groups in total. The van der Waals surface area contributed by atoms with Crippen LogP contribution in [0.4, 0.5) is 17.1 Å². The zero-order chi connectivity index (χ0) is 40.7. The standard InChI is InChI=1S/C60H37NS/c1-2-14-40-36-59-57(33-39(40)13-1)54-30-29-44(37-60(54)62-59)61(43-27-25-38(26-28-43)55-34-41-15-3-5-17-45(41)47-19-7-9-22-50(47)55)58-32-31-52(49-21-11-12-24-53(49)58)56-35-42-16-4-6-18-46(42)48-20-8-10-23-51(48)56/h1-37H. The Hall–Kier alpha value is -7.78. The third kappa shape index (κ3) is 5.47. The Balaban J connectivity index is 1.02. The molecule has 0 aliphatic rings. The van der Waals surface area contributed by atoms with Crippen LogP contribution in [0.1, 0.15) is 0 Å². The average Bonchev–Trinajstić information content (AvgIpc) is 3.69. The van der Waals surface area contributed by atoms with Gasteiger partial charge in [-0.15, -0.1) is 11.3 Å². The summed E-state index contributed by atoms with van der Waals surface area (Å²) in [5, 5.41) is 17.7. The summed E-state index contributed by atoms with van der Waals surface area (Å²) in [6.45, 7) is 0. The molecule has 1 nitrogen and oxygen atoms in total. The molecule has 12 aromatic carbocycles. The van der Waals surface area contributed by atoms with Gasteiger partial charge >= 0.3 is 0 Å². The zero-order valence-corrected chi connectivity index (χ0v) is 34.5. The molecular weight excluding hydrogens is 767 g/mol. The topological polar surface area (TPSA) is 3.24 Å². The van der Waals surface area contributed by atoms with Crippen LogP contribution in [0.3, 0.4) is 0 Å². The van der Waals surface area contributed by atoms with E-state index in [1.54, 1.807) is 0 Å². The summed E-state index contributed by atoms with van der Waals surface area (Å²) in [7, 11) is 0. The van der Waals surface area contributed by atoms with Gasteiger partial charge in [0.2, 0.25) is 0 Å². The first-order valence-corrected chi connectivity index (χ1v) is 22.1. The molecule has 13 aromatic rings. The van der Waals surface area contributed by atoms with Gasteiger partial charge in [-0.25, -0.2) is 0 Å². The lowest BCUT2D eigenvalue weighted by Crippen LogP contribution is -2.10. The smallest absolute Gasteiger partial charge is 0.0540 e. The predicted octanol–water partition coefficient (Wildman–Crippen LogP) is 17.8. The Morgan fingerprint density at radius 1 is 0.258 bits per heavy atom. The largest absolute Gasteiger partial charge is 0.310 e. The first-order chi connectivity index (χ1) is 30.7. The van der Waals surface area contributed by atoms with Crippen LogP contribution in [0.25, 0.3) is 107 Å². The number of hydrogen-bond acceptors (Lipinski definition) is 2. The first kappa shape index (κ1) is 35.0. The van der Waals surface area contributed by atoms with E-state index in [1.807, 2.05) is 11.3 Å². The Labute approximate surface area is 363 Å². The molecule has 288 valence electrons. The minimum atomic E-state index is 1.11. The fourth-order valence-electron chi connectivity index (χ4n) is 10.1. The van der Waals surface area contributed by atoms with E-state index in [2.05, 4.69) is 229 Å². The van der Waals surface area contributed by atoms with Crippen molar-refractivity contribution in [2.24, 2.45) is 0 Å². The van der Waals surface area contributed by atoms with E-state index in [0.29, 0.717) is 0 Å². The maximum atomic E-state index is 2.47. The van der Waals surface area contributed by atoms with Gasteiger partial charge in [0.25, 0.3) is 0 Å². The molecule has 0 spiro atoms. The summed E-state index contributed by atoms with van der Waals surface area (Å²) in [5.74, 6) is 0. The van der Waals surface area contributed by atoms with Gasteiger partial charge in [-0.1, -0.05) is 170 Å². The van der Waals surface area contributed by atoms with Gasteiger partial charge in [0, 0.05) is 36.9 Å². The second-order valence-electron chi connectivity index (χ2n) is 16.4. The van der Waals surface area contributed by atoms with Gasteiger partial charge in [-0.3, -0.25) is 0 Å². The molecule has 0 fully saturated rings. The summed E-state index contributed by atoms with van der Waals surface area (Å²) in [6, 6.07) is 83.2. The van der Waals surface area contributed by atoms with E-state index < -0.39 is 0 Å². The molecule has 0 saturated carbocycles. The number of benzene rings is 12. The van der Waals surface area contributed by atoms with Crippen LogP contribution < -0.4 is 4.90 Å². The summed E-state index contributed by atoms with van der Waals surface area (Å²) >= 11 is 1.88. The lowest BCUT2D eigenvalue weighted by atomic mass is 9.90. The van der Waals surface area contributed by atoms with Crippen molar-refractivity contribution in [2.75, 3.05) is 4.90 Å². The number of hydrogen-bond donors (Lipinski definition) is 0. The predicted molar refractivity (Wildman–Crippen MR) is 270 cm³/mol. The van der Waals surface area contributed by atoms with Gasteiger partial charge in [0.05, 0.1) is 5.69 Å². The summed E-state index contributed by atoms with van der Waals surface area (Å²) in [6.07, 6.45) is 0. The first-order valence-electron chi connectivity index (χ1n) is 21.3. The zero-order valence-electron chi connectivity index (χ0n) is 33.7. The highest BCUT2D eigenvalue weighted by Crippen LogP contribution is 2.47. The Morgan fingerprint density at radius 2 is 0.742 bits per heavy atom. The molecule has 1 heterocycles. The highest BCUT2D eigenvalue weighted by Gasteiger charge is 2.21. The van der Waals surface area contributed by atoms with Crippen LogP contribution >= 0.6 is 11.3 Å². The normalized spacial score (nSPS) is 11.9. The molecule has 0 amide bonds. The van der Waals surface area contributed by atoms with Crippen LogP contribution in [0, 0.1) is 0 Å². The highest BCUT2D eigenvalue weighted by molar-refractivity contribution is 7.26. The minimum absolute atomic E-state index is 1.11. The molecule has 0 saturated heterocycles. The SMILES string of the molecule is c1ccc2cc3c(cc2c1)sc1cc(N(c2ccc(-c4cc5ccccc5c5ccccc45)cc2)c2ccc(-c4cc5ccccc5c5ccccc45)c4ccccc24)ccc13. The van der Waals surface area contributed by atoms with Crippen molar-refractivity contribution in [3.8, 4) is 22.3 Å². The maximum absolute atomic E-state index is 2.47. The Kier molecular flexibility index (Phi) is 7.85. The maximum Gasteiger partial charge on any atom is 0.0540 e. The van der Waals surface area contributed by atoms with Crippen molar-refractivity contribution in [1.29, 1.82) is 0 Å². The lowest BCUT2D eigenvalue weighted by Gasteiger charge is -2.28. The fraction of sp³-hybridized carbons (Fsp3) is 0. The molecule has 0 unspecified atom stereocenters. The Morgan fingerprint density at radius 3 is 1.40 bits per heavy atom. The van der Waals surface area contributed by atoms with E-state index in [-0.39, 0.29) is 0 Å². The minimum Gasteiger partial charge on any atom is -0.310 e. The van der Waals surface area contributed by atoms with Crippen molar-refractivity contribution in [1.82, 2.24) is 0 Å². The third-order valence-corrected chi connectivity index (χ3v) is 14.1. The molecule has 13 rings (SSSR count). The van der Waals surface area contributed by atoms with Crippen molar-refractivity contribution in [2.45, 2.75) is 0 Å². The van der Waals surface area contributed by atoms with Gasteiger partial charge < -0.3 is 4.90 Å². The average molecular weight is 804 g/mol. The van der Waals surface area contributed by atoms with Crippen LogP contribution in [0.2, 0.25) is 0 Å². The number of thiophene rings is 1. The Bertz CT molecular complexity index is 3930. The molecule has 0 bridgehead atoms. The second-order valence-corrected chi connectivity index (χ2v) is 17.5. The molecule has 0 aliphatic heterocycles. The van der Waals surface area contributed by atoms with E-state index in [1.165, 1.54) is 107 Å². The number of rotatable bonds is 5. The monoisotopic (exact) mass is 803 g/mol. The van der Waals surface area contributed by atoms with Gasteiger partial charge in [0.15, 0.2) is 0 Å². The van der Waals surface area contributed by atoms with Crippen LogP contribution in [0.15, 0.2) is 224 Å². The lowest BCUT2D eigenvalue weighted by molar-refractivity contribution is 1.30. The quantitative estimate of drug-likeness (QED) is 0.157. The molecule has 62 heavy (non-hydrogen) atoms. The van der Waals surface area contributed by atoms with Gasteiger partial charge in [-0.2, -0.15) is 0 Å². The molecule has 0 atom stereocenters. The molecule has 1 aromatic heterocycles. The van der Waals surface area contributed by atoms with E-state index >= 15 is 0 Å². The molecule has 2 heteroatoms. The van der Waals surface area contributed by atoms with Crippen LogP contribution in [-0.2, 0) is 0 Å². The van der Waals surface area contributed by atoms with Crippen molar-refractivity contribution >= 4 is 113 Å². The van der Waals surface area contributed by atoms with Crippen LogP contribution in [-0.4, -0.2) is 0 Å². The molecule has 0 radical (unpaired) electrons. The van der Waals surface area contributed by atoms with E-state index in [9.17, 15) is 0 Å². The fourth-order valence-corrected chi connectivity index (χ4v) is 11.3. The summed E-state index contributed by atoms with van der Waals surface area (Å²) < 4.78 is 2.59. The number of anilines is 3. The summed E-state index contributed by atoms with van der Waals surface area (Å²) in [5.41, 5.74) is 8.31. The van der Waals surface area contributed by atoms with Gasteiger partial charge in [0.1, 0.15) is 0 Å². The highest BCUT2D eigenvalue weighted by atomic mass is 32.1. The third-order valence-electron chi connectivity index (χ3n) is 13.0. The molecule has 0 aliphatic carbocycles. The van der Waals surface area contributed by atoms with Crippen molar-refractivity contribution in [3.05, 3.63) is 224 Å². The second kappa shape index (κ2) is 13.9. The number of fused-ring (bicyclic) bond motifs is 11. The summed E-state index contributed by atoms with van der Waals surface area (Å²) in [4.78, 5) is 2.47. The van der Waals surface area contributed by atoms with Crippen molar-refractivity contribution < 1.29 is 0 Å². The van der Waals surface area contributed by atoms with Crippen molar-refractivity contribution in [3.63, 3.8) is 0 Å². The van der Waals surface area contributed by atoms with E-state index in [0.717, 1.165) is 17.1 Å². The van der Waals surface area contributed by atoms with Crippen LogP contribution in [0.5, 0.6) is 0 Å².